The highest BCUT2D eigenvalue weighted by molar-refractivity contribution is 9.10. The summed E-state index contributed by atoms with van der Waals surface area (Å²) in [6, 6.07) is 15.7. The molecule has 0 spiro atoms. The Labute approximate surface area is 154 Å². The summed E-state index contributed by atoms with van der Waals surface area (Å²) in [4.78, 5) is 25.0. The van der Waals surface area contributed by atoms with E-state index in [0.29, 0.717) is 16.7 Å². The molecule has 0 aliphatic carbocycles. The largest absolute Gasteiger partial charge is 0.469 e. The second-order valence-corrected chi connectivity index (χ2v) is 6.21. The van der Waals surface area contributed by atoms with Crippen LogP contribution >= 0.6 is 15.9 Å². The fraction of sp³-hybridized carbons (Fsp3) is 0.211. The monoisotopic (exact) mass is 401 g/mol. The highest BCUT2D eigenvalue weighted by Crippen LogP contribution is 2.36. The minimum atomic E-state index is -0.931. The summed E-state index contributed by atoms with van der Waals surface area (Å²) in [7, 11) is 2.53. The van der Waals surface area contributed by atoms with Gasteiger partial charge in [0.2, 0.25) is 0 Å². The maximum atomic E-state index is 12.5. The summed E-state index contributed by atoms with van der Waals surface area (Å²) >= 11 is 3.37. The van der Waals surface area contributed by atoms with Crippen LogP contribution in [0, 0.1) is 11.3 Å². The van der Waals surface area contributed by atoms with Crippen LogP contribution in [0.5, 0.6) is 0 Å². The van der Waals surface area contributed by atoms with Crippen LogP contribution < -0.4 is 0 Å². The third-order valence-electron chi connectivity index (χ3n) is 3.83. The lowest BCUT2D eigenvalue weighted by Gasteiger charge is -2.24. The van der Waals surface area contributed by atoms with Crippen LogP contribution in [0.1, 0.15) is 28.5 Å². The number of benzene rings is 2. The molecule has 25 heavy (non-hydrogen) atoms. The van der Waals surface area contributed by atoms with Gasteiger partial charge in [-0.1, -0.05) is 40.2 Å². The van der Waals surface area contributed by atoms with E-state index < -0.39 is 23.8 Å². The first kappa shape index (κ1) is 18.7. The topological polar surface area (TPSA) is 76.4 Å². The van der Waals surface area contributed by atoms with E-state index in [1.165, 1.54) is 14.2 Å². The first-order chi connectivity index (χ1) is 12.0. The van der Waals surface area contributed by atoms with Crippen molar-refractivity contribution in [2.75, 3.05) is 14.2 Å². The molecule has 0 bridgehead atoms. The summed E-state index contributed by atoms with van der Waals surface area (Å²) in [5.41, 5.74) is 1.52. The number of halogens is 1. The molecule has 128 valence electrons. The SMILES string of the molecule is COC(=O)C(c1cccc(Br)c1)C(C(=O)OC)c1cccc(C#N)c1. The minimum Gasteiger partial charge on any atom is -0.469 e. The van der Waals surface area contributed by atoms with Gasteiger partial charge in [-0.05, 0) is 35.4 Å². The van der Waals surface area contributed by atoms with Crippen molar-refractivity contribution in [3.05, 3.63) is 69.7 Å². The Morgan fingerprint density at radius 3 is 1.96 bits per heavy atom. The number of methoxy groups -OCH3 is 2. The Bertz CT molecular complexity index is 828. The van der Waals surface area contributed by atoms with Gasteiger partial charge >= 0.3 is 11.9 Å². The van der Waals surface area contributed by atoms with Gasteiger partial charge in [0.25, 0.3) is 0 Å². The third-order valence-corrected chi connectivity index (χ3v) is 4.32. The predicted molar refractivity (Wildman–Crippen MR) is 94.8 cm³/mol. The molecule has 0 aliphatic rings. The van der Waals surface area contributed by atoms with E-state index in [2.05, 4.69) is 15.9 Å². The number of hydrogen-bond donors (Lipinski definition) is 0. The lowest BCUT2D eigenvalue weighted by Crippen LogP contribution is -2.28. The summed E-state index contributed by atoms with van der Waals surface area (Å²) in [6.07, 6.45) is 0. The highest BCUT2D eigenvalue weighted by atomic mass is 79.9. The van der Waals surface area contributed by atoms with Gasteiger partial charge in [0.1, 0.15) is 0 Å². The minimum absolute atomic E-state index is 0.393. The molecule has 2 rings (SSSR count). The lowest BCUT2D eigenvalue weighted by molar-refractivity contribution is -0.150. The smallest absolute Gasteiger partial charge is 0.314 e. The maximum Gasteiger partial charge on any atom is 0.314 e. The Kier molecular flexibility index (Phi) is 6.31. The van der Waals surface area contributed by atoms with E-state index in [1.54, 1.807) is 42.5 Å². The summed E-state index contributed by atoms with van der Waals surface area (Å²) < 4.78 is 10.6. The van der Waals surface area contributed by atoms with E-state index in [1.807, 2.05) is 12.1 Å². The quantitative estimate of drug-likeness (QED) is 0.716. The maximum absolute atomic E-state index is 12.5. The van der Waals surface area contributed by atoms with Crippen LogP contribution in [-0.2, 0) is 19.1 Å². The van der Waals surface area contributed by atoms with Crippen molar-refractivity contribution in [1.82, 2.24) is 0 Å². The van der Waals surface area contributed by atoms with Crippen molar-refractivity contribution < 1.29 is 19.1 Å². The van der Waals surface area contributed by atoms with Crippen molar-refractivity contribution in [2.24, 2.45) is 0 Å². The number of rotatable bonds is 5. The van der Waals surface area contributed by atoms with E-state index >= 15 is 0 Å². The van der Waals surface area contributed by atoms with Gasteiger partial charge < -0.3 is 9.47 Å². The molecular weight excluding hydrogens is 386 g/mol. The van der Waals surface area contributed by atoms with Gasteiger partial charge in [0, 0.05) is 4.47 Å². The third kappa shape index (κ3) is 4.25. The first-order valence-electron chi connectivity index (χ1n) is 7.43. The molecule has 5 nitrogen and oxygen atoms in total. The molecule has 0 N–H and O–H groups in total. The average Bonchev–Trinajstić information content (AvgIpc) is 2.64. The number of nitriles is 1. The Morgan fingerprint density at radius 1 is 0.960 bits per heavy atom. The number of nitrogens with zero attached hydrogens (tertiary/aromatic N) is 1. The van der Waals surface area contributed by atoms with Crippen molar-refractivity contribution in [3.8, 4) is 6.07 Å². The number of carbonyl (C=O) groups excluding carboxylic acids is 2. The van der Waals surface area contributed by atoms with Gasteiger partial charge in [0.05, 0.1) is 37.7 Å². The van der Waals surface area contributed by atoms with Crippen molar-refractivity contribution in [1.29, 1.82) is 5.26 Å². The van der Waals surface area contributed by atoms with Crippen LogP contribution in [0.2, 0.25) is 0 Å². The Balaban J connectivity index is 2.64. The second-order valence-electron chi connectivity index (χ2n) is 5.29. The molecule has 0 saturated carbocycles. The van der Waals surface area contributed by atoms with Gasteiger partial charge in [-0.25, -0.2) is 0 Å². The number of ether oxygens (including phenoxy) is 2. The summed E-state index contributed by atoms with van der Waals surface area (Å²) in [6.45, 7) is 0. The molecule has 2 aromatic rings. The normalized spacial score (nSPS) is 12.6. The average molecular weight is 402 g/mol. The highest BCUT2D eigenvalue weighted by Gasteiger charge is 2.38. The number of carbonyl (C=O) groups is 2. The predicted octanol–water partition coefficient (Wildman–Crippen LogP) is 3.53. The van der Waals surface area contributed by atoms with Crippen LogP contribution in [0.25, 0.3) is 0 Å². The molecule has 2 atom stereocenters. The van der Waals surface area contributed by atoms with Crippen molar-refractivity contribution in [3.63, 3.8) is 0 Å². The molecule has 6 heteroatoms. The Hall–Kier alpha value is -2.65. The van der Waals surface area contributed by atoms with Crippen molar-refractivity contribution in [2.45, 2.75) is 11.8 Å². The molecule has 0 heterocycles. The molecule has 2 unspecified atom stereocenters. The zero-order valence-electron chi connectivity index (χ0n) is 13.7. The van der Waals surface area contributed by atoms with Crippen molar-refractivity contribution >= 4 is 27.9 Å². The zero-order valence-corrected chi connectivity index (χ0v) is 15.3. The Morgan fingerprint density at radius 2 is 1.48 bits per heavy atom. The van der Waals surface area contributed by atoms with E-state index in [0.717, 1.165) is 4.47 Å². The lowest BCUT2D eigenvalue weighted by atomic mass is 9.81. The van der Waals surface area contributed by atoms with E-state index in [9.17, 15) is 9.59 Å². The van der Waals surface area contributed by atoms with Gasteiger partial charge in [-0.3, -0.25) is 9.59 Å². The molecular formula is C19H16BrNO4. The fourth-order valence-corrected chi connectivity index (χ4v) is 3.10. The molecule has 0 saturated heterocycles. The van der Waals surface area contributed by atoms with Crippen LogP contribution in [0.15, 0.2) is 53.0 Å². The van der Waals surface area contributed by atoms with Crippen LogP contribution in [-0.4, -0.2) is 26.2 Å². The van der Waals surface area contributed by atoms with Gasteiger partial charge in [-0.2, -0.15) is 5.26 Å². The molecule has 0 radical (unpaired) electrons. The van der Waals surface area contributed by atoms with Crippen LogP contribution in [0.3, 0.4) is 0 Å². The molecule has 0 aliphatic heterocycles. The standard InChI is InChI=1S/C19H16BrNO4/c1-24-18(22)16(13-6-3-5-12(9-13)11-21)17(19(23)25-2)14-7-4-8-15(20)10-14/h3-10,16-17H,1-2H3. The van der Waals surface area contributed by atoms with E-state index in [4.69, 9.17) is 14.7 Å². The summed E-state index contributed by atoms with van der Waals surface area (Å²) in [5, 5.41) is 9.12. The molecule has 0 aromatic heterocycles. The molecule has 0 fully saturated rings. The molecule has 0 amide bonds. The van der Waals surface area contributed by atoms with Gasteiger partial charge in [0.15, 0.2) is 0 Å². The number of hydrogen-bond acceptors (Lipinski definition) is 5. The van der Waals surface area contributed by atoms with Crippen LogP contribution in [0.4, 0.5) is 0 Å². The zero-order chi connectivity index (χ0) is 18.4. The first-order valence-corrected chi connectivity index (χ1v) is 8.22. The van der Waals surface area contributed by atoms with E-state index in [-0.39, 0.29) is 0 Å². The number of esters is 2. The van der Waals surface area contributed by atoms with Gasteiger partial charge in [-0.15, -0.1) is 0 Å². The second kappa shape index (κ2) is 8.45. The fourth-order valence-electron chi connectivity index (χ4n) is 2.68. The summed E-state index contributed by atoms with van der Waals surface area (Å²) in [5.74, 6) is -2.97. The molecule has 2 aromatic carbocycles.